The molecule has 0 saturated carbocycles. The summed E-state index contributed by atoms with van der Waals surface area (Å²) >= 11 is 0. The van der Waals surface area contributed by atoms with Gasteiger partial charge in [-0.2, -0.15) is 0 Å². The Morgan fingerprint density at radius 3 is 2.50 bits per heavy atom. The van der Waals surface area contributed by atoms with Crippen molar-refractivity contribution in [3.63, 3.8) is 0 Å². The van der Waals surface area contributed by atoms with E-state index >= 15 is 0 Å². The monoisotopic (exact) mass is 271 g/mol. The molecule has 2 rings (SSSR count). The van der Waals surface area contributed by atoms with Gasteiger partial charge in [0.2, 0.25) is 0 Å². The molecular formula is C18H22FN. The third-order valence-corrected chi connectivity index (χ3v) is 3.48. The topological polar surface area (TPSA) is 12.0 Å². The lowest BCUT2D eigenvalue weighted by atomic mass is 9.98. The van der Waals surface area contributed by atoms with Crippen LogP contribution in [-0.2, 0) is 6.42 Å². The Kier molecular flexibility index (Phi) is 5.31. The van der Waals surface area contributed by atoms with Gasteiger partial charge in [0.1, 0.15) is 5.82 Å². The standard InChI is InChI=1S/C18H22FN/c1-3-20-18(16-7-5-4-6-8-16)10-9-15-11-14(2)12-17(19)13-15/h4-8,11-13,18,20H,3,9-10H2,1-2H3. The van der Waals surface area contributed by atoms with Gasteiger partial charge >= 0.3 is 0 Å². The molecule has 0 aliphatic heterocycles. The number of hydrogen-bond donors (Lipinski definition) is 1. The minimum absolute atomic E-state index is 0.139. The summed E-state index contributed by atoms with van der Waals surface area (Å²) < 4.78 is 13.4. The Balaban J connectivity index is 2.05. The SMILES string of the molecule is CCNC(CCc1cc(C)cc(F)c1)c1ccccc1. The molecule has 1 atom stereocenters. The van der Waals surface area contributed by atoms with Crippen LogP contribution in [0.5, 0.6) is 0 Å². The van der Waals surface area contributed by atoms with Crippen LogP contribution in [0.1, 0.15) is 36.1 Å². The first-order valence-corrected chi connectivity index (χ1v) is 7.23. The predicted octanol–water partition coefficient (Wildman–Crippen LogP) is 4.42. The first kappa shape index (κ1) is 14.7. The fourth-order valence-electron chi connectivity index (χ4n) is 2.59. The fourth-order valence-corrected chi connectivity index (χ4v) is 2.59. The van der Waals surface area contributed by atoms with Gasteiger partial charge < -0.3 is 5.32 Å². The van der Waals surface area contributed by atoms with Gasteiger partial charge in [-0.05, 0) is 55.1 Å². The normalized spacial score (nSPS) is 12.3. The van der Waals surface area contributed by atoms with E-state index in [1.54, 1.807) is 12.1 Å². The van der Waals surface area contributed by atoms with Gasteiger partial charge in [0.15, 0.2) is 0 Å². The van der Waals surface area contributed by atoms with Crippen molar-refractivity contribution >= 4 is 0 Å². The van der Waals surface area contributed by atoms with Crippen LogP contribution >= 0.6 is 0 Å². The molecule has 0 aliphatic rings. The van der Waals surface area contributed by atoms with Gasteiger partial charge in [-0.25, -0.2) is 4.39 Å². The summed E-state index contributed by atoms with van der Waals surface area (Å²) in [5.41, 5.74) is 3.35. The molecule has 0 aliphatic carbocycles. The van der Waals surface area contributed by atoms with Crippen molar-refractivity contribution in [1.82, 2.24) is 5.32 Å². The molecule has 0 radical (unpaired) electrons. The zero-order valence-electron chi connectivity index (χ0n) is 12.2. The predicted molar refractivity (Wildman–Crippen MR) is 82.3 cm³/mol. The molecule has 2 aromatic carbocycles. The molecule has 0 bridgehead atoms. The lowest BCUT2D eigenvalue weighted by Gasteiger charge is -2.18. The van der Waals surface area contributed by atoms with Gasteiger partial charge in [-0.1, -0.05) is 43.3 Å². The second kappa shape index (κ2) is 7.20. The van der Waals surface area contributed by atoms with E-state index in [0.29, 0.717) is 6.04 Å². The number of benzene rings is 2. The summed E-state index contributed by atoms with van der Waals surface area (Å²) in [4.78, 5) is 0. The Morgan fingerprint density at radius 1 is 1.10 bits per heavy atom. The van der Waals surface area contributed by atoms with Crippen LogP contribution in [0, 0.1) is 12.7 Å². The molecule has 0 heterocycles. The number of halogens is 1. The van der Waals surface area contributed by atoms with Crippen LogP contribution in [0.4, 0.5) is 4.39 Å². The van der Waals surface area contributed by atoms with Gasteiger partial charge in [-0.3, -0.25) is 0 Å². The molecule has 0 spiro atoms. The van der Waals surface area contributed by atoms with Gasteiger partial charge in [0.05, 0.1) is 0 Å². The highest BCUT2D eigenvalue weighted by Gasteiger charge is 2.10. The zero-order chi connectivity index (χ0) is 14.4. The third kappa shape index (κ3) is 4.17. The lowest BCUT2D eigenvalue weighted by Crippen LogP contribution is -2.21. The van der Waals surface area contributed by atoms with E-state index in [1.807, 2.05) is 13.0 Å². The van der Waals surface area contributed by atoms with Crippen LogP contribution in [0.2, 0.25) is 0 Å². The van der Waals surface area contributed by atoms with Crippen molar-refractivity contribution in [3.05, 3.63) is 71.0 Å². The van der Waals surface area contributed by atoms with Crippen LogP contribution in [0.3, 0.4) is 0 Å². The van der Waals surface area contributed by atoms with Gasteiger partial charge in [0.25, 0.3) is 0 Å². The summed E-state index contributed by atoms with van der Waals surface area (Å²) in [6.07, 6.45) is 1.85. The van der Waals surface area contributed by atoms with Crippen molar-refractivity contribution in [3.8, 4) is 0 Å². The Labute approximate surface area is 120 Å². The maximum atomic E-state index is 13.4. The highest BCUT2D eigenvalue weighted by molar-refractivity contribution is 5.25. The highest BCUT2D eigenvalue weighted by Crippen LogP contribution is 2.20. The van der Waals surface area contributed by atoms with Gasteiger partial charge in [-0.15, -0.1) is 0 Å². The first-order chi connectivity index (χ1) is 9.69. The maximum absolute atomic E-state index is 13.4. The quantitative estimate of drug-likeness (QED) is 0.820. The molecule has 2 aromatic rings. The van der Waals surface area contributed by atoms with Crippen molar-refractivity contribution in [2.24, 2.45) is 0 Å². The van der Waals surface area contributed by atoms with E-state index in [1.165, 1.54) is 5.56 Å². The second-order valence-corrected chi connectivity index (χ2v) is 5.20. The van der Waals surface area contributed by atoms with E-state index in [0.717, 1.165) is 30.5 Å². The van der Waals surface area contributed by atoms with Crippen LogP contribution in [0.25, 0.3) is 0 Å². The molecule has 20 heavy (non-hydrogen) atoms. The fraction of sp³-hybridized carbons (Fsp3) is 0.333. The van der Waals surface area contributed by atoms with E-state index < -0.39 is 0 Å². The van der Waals surface area contributed by atoms with Crippen LogP contribution in [-0.4, -0.2) is 6.54 Å². The van der Waals surface area contributed by atoms with Crippen molar-refractivity contribution < 1.29 is 4.39 Å². The molecule has 2 heteroatoms. The minimum Gasteiger partial charge on any atom is -0.310 e. The number of aryl methyl sites for hydroxylation is 2. The molecule has 106 valence electrons. The molecule has 1 nitrogen and oxygen atoms in total. The Morgan fingerprint density at radius 2 is 1.85 bits per heavy atom. The molecule has 1 unspecified atom stereocenters. The summed E-state index contributed by atoms with van der Waals surface area (Å²) in [6.45, 7) is 4.98. The first-order valence-electron chi connectivity index (χ1n) is 7.23. The average Bonchev–Trinajstić information content (AvgIpc) is 2.43. The van der Waals surface area contributed by atoms with Gasteiger partial charge in [0, 0.05) is 6.04 Å². The van der Waals surface area contributed by atoms with E-state index in [2.05, 4.69) is 42.6 Å². The summed E-state index contributed by atoms with van der Waals surface area (Å²) in [5, 5.41) is 3.50. The van der Waals surface area contributed by atoms with E-state index in [4.69, 9.17) is 0 Å². The van der Waals surface area contributed by atoms with Crippen molar-refractivity contribution in [2.75, 3.05) is 6.54 Å². The molecular weight excluding hydrogens is 249 g/mol. The largest absolute Gasteiger partial charge is 0.310 e. The number of nitrogens with one attached hydrogen (secondary N) is 1. The highest BCUT2D eigenvalue weighted by atomic mass is 19.1. The number of rotatable bonds is 6. The van der Waals surface area contributed by atoms with Crippen LogP contribution < -0.4 is 5.32 Å². The second-order valence-electron chi connectivity index (χ2n) is 5.20. The summed E-state index contributed by atoms with van der Waals surface area (Å²) in [6, 6.07) is 16.0. The third-order valence-electron chi connectivity index (χ3n) is 3.48. The molecule has 0 amide bonds. The Hall–Kier alpha value is -1.67. The molecule has 0 aromatic heterocycles. The van der Waals surface area contributed by atoms with Crippen LogP contribution in [0.15, 0.2) is 48.5 Å². The lowest BCUT2D eigenvalue weighted by molar-refractivity contribution is 0.514. The summed E-state index contributed by atoms with van der Waals surface area (Å²) in [7, 11) is 0. The number of hydrogen-bond acceptors (Lipinski definition) is 1. The minimum atomic E-state index is -0.139. The molecule has 0 saturated heterocycles. The molecule has 0 fully saturated rings. The average molecular weight is 271 g/mol. The zero-order valence-corrected chi connectivity index (χ0v) is 12.2. The smallest absolute Gasteiger partial charge is 0.123 e. The van der Waals surface area contributed by atoms with Crippen molar-refractivity contribution in [2.45, 2.75) is 32.7 Å². The Bertz CT molecular complexity index is 516. The molecule has 1 N–H and O–H groups in total. The van der Waals surface area contributed by atoms with E-state index in [-0.39, 0.29) is 5.82 Å². The van der Waals surface area contributed by atoms with Crippen molar-refractivity contribution in [1.29, 1.82) is 0 Å². The summed E-state index contributed by atoms with van der Waals surface area (Å²) in [5.74, 6) is -0.139. The maximum Gasteiger partial charge on any atom is 0.123 e. The van der Waals surface area contributed by atoms with E-state index in [9.17, 15) is 4.39 Å².